The second kappa shape index (κ2) is 8.31. The van der Waals surface area contributed by atoms with Gasteiger partial charge in [-0.25, -0.2) is 0 Å². The van der Waals surface area contributed by atoms with E-state index in [1.165, 1.54) is 7.11 Å². The van der Waals surface area contributed by atoms with Crippen LogP contribution in [-0.2, 0) is 4.74 Å². The Morgan fingerprint density at radius 1 is 1.24 bits per heavy atom. The van der Waals surface area contributed by atoms with Gasteiger partial charge < -0.3 is 19.3 Å². The highest BCUT2D eigenvalue weighted by Gasteiger charge is 2.47. The molecule has 25 heavy (non-hydrogen) atoms. The van der Waals surface area contributed by atoms with Gasteiger partial charge in [-0.15, -0.1) is 12.4 Å². The Morgan fingerprint density at radius 3 is 2.36 bits per heavy atom. The molecule has 0 saturated carbocycles. The topological polar surface area (TPSA) is 42.0 Å². The molecule has 0 aliphatic carbocycles. The predicted octanol–water partition coefficient (Wildman–Crippen LogP) is 3.71. The second-order valence-corrected chi connectivity index (χ2v) is 6.97. The number of hydrogen-bond acceptors (Lipinski definition) is 4. The normalized spacial score (nSPS) is 19.8. The average Bonchev–Trinajstić information content (AvgIpc) is 2.97. The molecule has 2 aliphatic heterocycles. The summed E-state index contributed by atoms with van der Waals surface area (Å²) in [5.41, 5.74) is -0.0321. The Bertz CT molecular complexity index is 611. The highest BCUT2D eigenvalue weighted by atomic mass is 35.5. The van der Waals surface area contributed by atoms with E-state index in [0.29, 0.717) is 34.5 Å². The van der Waals surface area contributed by atoms with Crippen LogP contribution >= 0.6 is 35.6 Å². The minimum atomic E-state index is -0.498. The zero-order valence-corrected chi connectivity index (χ0v) is 16.7. The first-order valence-corrected chi connectivity index (χ1v) is 8.97. The van der Waals surface area contributed by atoms with Crippen molar-refractivity contribution in [1.82, 2.24) is 9.80 Å². The van der Waals surface area contributed by atoms with Gasteiger partial charge in [0.25, 0.3) is 5.91 Å². The van der Waals surface area contributed by atoms with Crippen LogP contribution in [0.25, 0.3) is 0 Å². The van der Waals surface area contributed by atoms with E-state index in [-0.39, 0.29) is 18.3 Å². The molecule has 0 radical (unpaired) electrons. The number of halogens is 3. The zero-order chi connectivity index (χ0) is 17.3. The first-order valence-electron chi connectivity index (χ1n) is 8.22. The molecule has 0 unspecified atom stereocenters. The third kappa shape index (κ3) is 3.86. The van der Waals surface area contributed by atoms with E-state index in [1.54, 1.807) is 12.1 Å². The van der Waals surface area contributed by atoms with E-state index >= 15 is 0 Å². The van der Waals surface area contributed by atoms with Crippen LogP contribution in [0.3, 0.4) is 0 Å². The summed E-state index contributed by atoms with van der Waals surface area (Å²) in [5, 5.41) is 0.673. The summed E-state index contributed by atoms with van der Waals surface area (Å²) in [5.74, 6) is 0.294. The SMILES string of the molecule is CCN1CCC2(CC1)OCCN2C(=O)c1cc(Cl)c(OC)c(Cl)c1.Cl. The van der Waals surface area contributed by atoms with Crippen molar-refractivity contribution in [3.63, 3.8) is 0 Å². The molecular formula is C17H23Cl3N2O3. The smallest absolute Gasteiger partial charge is 0.256 e. The number of methoxy groups -OCH3 is 1. The van der Waals surface area contributed by atoms with Crippen LogP contribution in [0, 0.1) is 0 Å². The van der Waals surface area contributed by atoms with Gasteiger partial charge in [-0.1, -0.05) is 30.1 Å². The summed E-state index contributed by atoms with van der Waals surface area (Å²) in [6.45, 7) is 6.20. The first kappa shape index (κ1) is 20.6. The molecule has 3 rings (SSSR count). The minimum absolute atomic E-state index is 0. The van der Waals surface area contributed by atoms with Crippen molar-refractivity contribution in [1.29, 1.82) is 0 Å². The van der Waals surface area contributed by atoms with Crippen molar-refractivity contribution >= 4 is 41.5 Å². The number of nitrogens with zero attached hydrogens (tertiary/aromatic N) is 2. The van der Waals surface area contributed by atoms with E-state index in [2.05, 4.69) is 11.8 Å². The number of carbonyl (C=O) groups is 1. The van der Waals surface area contributed by atoms with Gasteiger partial charge in [0.05, 0.1) is 23.8 Å². The van der Waals surface area contributed by atoms with Gasteiger partial charge in [-0.3, -0.25) is 4.79 Å². The Labute approximate surface area is 164 Å². The van der Waals surface area contributed by atoms with Crippen molar-refractivity contribution < 1.29 is 14.3 Å². The van der Waals surface area contributed by atoms with Crippen molar-refractivity contribution in [2.24, 2.45) is 0 Å². The number of benzene rings is 1. The Morgan fingerprint density at radius 2 is 1.84 bits per heavy atom. The molecule has 8 heteroatoms. The van der Waals surface area contributed by atoms with Crippen LogP contribution in [0.5, 0.6) is 5.75 Å². The fraction of sp³-hybridized carbons (Fsp3) is 0.588. The molecule has 1 aromatic carbocycles. The summed E-state index contributed by atoms with van der Waals surface area (Å²) < 4.78 is 11.2. The van der Waals surface area contributed by atoms with E-state index in [4.69, 9.17) is 32.7 Å². The lowest BCUT2D eigenvalue weighted by Crippen LogP contribution is -2.54. The quantitative estimate of drug-likeness (QED) is 0.763. The summed E-state index contributed by atoms with van der Waals surface area (Å²) in [4.78, 5) is 17.3. The Balaban J connectivity index is 0.00000225. The van der Waals surface area contributed by atoms with E-state index in [9.17, 15) is 4.79 Å². The number of piperidine rings is 1. The fourth-order valence-corrected chi connectivity index (χ4v) is 4.20. The van der Waals surface area contributed by atoms with E-state index in [1.807, 2.05) is 4.90 Å². The standard InChI is InChI=1S/C17H22Cl2N2O3.ClH/c1-3-20-6-4-17(5-7-20)21(8-9-24-17)16(22)12-10-13(18)15(23-2)14(19)11-12;/h10-11H,3-9H2,1-2H3;1H. The number of hydrogen-bond donors (Lipinski definition) is 0. The summed E-state index contributed by atoms with van der Waals surface area (Å²) in [7, 11) is 1.50. The molecule has 140 valence electrons. The molecule has 0 aromatic heterocycles. The number of amides is 1. The lowest BCUT2D eigenvalue weighted by molar-refractivity contribution is -0.104. The van der Waals surface area contributed by atoms with Gasteiger partial charge in [-0.2, -0.15) is 0 Å². The van der Waals surface area contributed by atoms with Crippen LogP contribution in [0.1, 0.15) is 30.1 Å². The molecular weight excluding hydrogens is 387 g/mol. The molecule has 1 spiro atoms. The number of likely N-dealkylation sites (tertiary alicyclic amines) is 1. The summed E-state index contributed by atoms with van der Waals surface area (Å²) in [6, 6.07) is 3.23. The number of ether oxygens (including phenoxy) is 2. The Hall–Kier alpha value is -0.720. The molecule has 2 heterocycles. The Kier molecular flexibility index (Phi) is 6.85. The van der Waals surface area contributed by atoms with Gasteiger partial charge in [0.2, 0.25) is 0 Å². The summed E-state index contributed by atoms with van der Waals surface area (Å²) >= 11 is 12.4. The largest absolute Gasteiger partial charge is 0.494 e. The molecule has 2 fully saturated rings. The number of rotatable bonds is 3. The van der Waals surface area contributed by atoms with Crippen LogP contribution < -0.4 is 4.74 Å². The summed E-state index contributed by atoms with van der Waals surface area (Å²) in [6.07, 6.45) is 1.65. The van der Waals surface area contributed by atoms with Crippen LogP contribution in [0.2, 0.25) is 10.0 Å². The third-order valence-corrected chi connectivity index (χ3v) is 5.52. The highest BCUT2D eigenvalue weighted by molar-refractivity contribution is 6.37. The lowest BCUT2D eigenvalue weighted by atomic mass is 9.98. The lowest BCUT2D eigenvalue weighted by Gasteiger charge is -2.43. The average molecular weight is 410 g/mol. The maximum absolute atomic E-state index is 13.0. The molecule has 2 saturated heterocycles. The van der Waals surface area contributed by atoms with Crippen molar-refractivity contribution in [3.05, 3.63) is 27.7 Å². The fourth-order valence-electron chi connectivity index (χ4n) is 3.56. The number of carbonyl (C=O) groups excluding carboxylic acids is 1. The second-order valence-electron chi connectivity index (χ2n) is 6.16. The van der Waals surface area contributed by atoms with E-state index < -0.39 is 5.72 Å². The first-order chi connectivity index (χ1) is 11.5. The minimum Gasteiger partial charge on any atom is -0.494 e. The molecule has 0 bridgehead atoms. The van der Waals surface area contributed by atoms with Gasteiger partial charge in [0.15, 0.2) is 5.75 Å². The molecule has 2 aliphatic rings. The van der Waals surface area contributed by atoms with Gasteiger partial charge in [0.1, 0.15) is 5.72 Å². The van der Waals surface area contributed by atoms with Crippen LogP contribution in [0.15, 0.2) is 12.1 Å². The highest BCUT2D eigenvalue weighted by Crippen LogP contribution is 2.38. The maximum atomic E-state index is 13.0. The van der Waals surface area contributed by atoms with Gasteiger partial charge in [-0.05, 0) is 18.7 Å². The van der Waals surface area contributed by atoms with Crippen molar-refractivity contribution in [2.75, 3.05) is 39.9 Å². The molecule has 5 nitrogen and oxygen atoms in total. The molecule has 1 aromatic rings. The van der Waals surface area contributed by atoms with Gasteiger partial charge >= 0.3 is 0 Å². The predicted molar refractivity (Wildman–Crippen MR) is 101 cm³/mol. The maximum Gasteiger partial charge on any atom is 0.256 e. The molecule has 1 amide bonds. The third-order valence-electron chi connectivity index (χ3n) is 4.96. The van der Waals surface area contributed by atoms with Crippen LogP contribution in [0.4, 0.5) is 0 Å². The molecule has 0 atom stereocenters. The zero-order valence-electron chi connectivity index (χ0n) is 14.4. The van der Waals surface area contributed by atoms with E-state index in [0.717, 1.165) is 32.5 Å². The van der Waals surface area contributed by atoms with Crippen LogP contribution in [-0.4, -0.2) is 61.3 Å². The monoisotopic (exact) mass is 408 g/mol. The van der Waals surface area contributed by atoms with Gasteiger partial charge in [0, 0.05) is 38.0 Å². The van der Waals surface area contributed by atoms with Crippen molar-refractivity contribution in [3.8, 4) is 5.75 Å². The molecule has 0 N–H and O–H groups in total. The van der Waals surface area contributed by atoms with Crippen molar-refractivity contribution in [2.45, 2.75) is 25.5 Å².